The molecule has 0 saturated carbocycles. The molecule has 1 aliphatic rings. The lowest BCUT2D eigenvalue weighted by molar-refractivity contribution is -0.144. The minimum atomic E-state index is -3.75. The van der Waals surface area contributed by atoms with Crippen molar-refractivity contribution in [3.63, 3.8) is 0 Å². The molecule has 3 atom stereocenters. The van der Waals surface area contributed by atoms with Gasteiger partial charge in [0.15, 0.2) is 33.1 Å². The lowest BCUT2D eigenvalue weighted by atomic mass is 9.75. The van der Waals surface area contributed by atoms with Crippen molar-refractivity contribution in [3.8, 4) is 11.4 Å². The molecule has 3 aromatic carbocycles. The Balaban J connectivity index is 1.53. The molecule has 0 spiro atoms. The number of carbonyl (C=O) groups is 1. The van der Waals surface area contributed by atoms with Crippen LogP contribution in [0, 0.1) is 28.8 Å². The molecule has 6 rings (SSSR count). The number of carbonyl (C=O) groups excluding carboxylic acids is 1. The van der Waals surface area contributed by atoms with E-state index in [2.05, 4.69) is 4.98 Å². The highest BCUT2D eigenvalue weighted by Crippen LogP contribution is 2.40. The van der Waals surface area contributed by atoms with Gasteiger partial charge in [-0.2, -0.15) is 5.10 Å². The van der Waals surface area contributed by atoms with Crippen LogP contribution < -0.4 is 0 Å². The molecule has 0 amide bonds. The van der Waals surface area contributed by atoms with Gasteiger partial charge in [0, 0.05) is 23.5 Å². The van der Waals surface area contributed by atoms with E-state index in [1.807, 2.05) is 45.0 Å². The Labute approximate surface area is 309 Å². The van der Waals surface area contributed by atoms with Crippen molar-refractivity contribution >= 4 is 37.5 Å². The van der Waals surface area contributed by atoms with Crippen LogP contribution in [0.3, 0.4) is 0 Å². The first-order chi connectivity index (χ1) is 24.9. The summed E-state index contributed by atoms with van der Waals surface area (Å²) in [5.41, 5.74) is 0.127. The Hall–Kier alpha value is -4.30. The molecule has 1 N–H and O–H groups in total. The number of benzene rings is 3. The Morgan fingerprint density at radius 1 is 1.08 bits per heavy atom. The number of ether oxygens (including phenoxy) is 1. The van der Waals surface area contributed by atoms with E-state index in [4.69, 9.17) is 14.8 Å². The highest BCUT2D eigenvalue weighted by Gasteiger charge is 2.37. The van der Waals surface area contributed by atoms with Gasteiger partial charge in [-0.15, -0.1) is 0 Å². The monoisotopic (exact) mass is 768 g/mol. The van der Waals surface area contributed by atoms with Crippen LogP contribution in [0.2, 0.25) is 0 Å². The number of esters is 1. The fourth-order valence-corrected chi connectivity index (χ4v) is 10.8. The van der Waals surface area contributed by atoms with Gasteiger partial charge in [0.25, 0.3) is 0 Å². The second-order valence-electron chi connectivity index (χ2n) is 15.0. The van der Waals surface area contributed by atoms with Gasteiger partial charge in [-0.1, -0.05) is 51.5 Å². The van der Waals surface area contributed by atoms with Crippen LogP contribution in [0.4, 0.5) is 13.2 Å². The Bertz CT molecular complexity index is 2350. The SMILES string of the molecule is COC(=O)[C@@H](C)Cc1cccc(C2(C)CCCC(C)(C)CS(=O)(=O)CCc3c(c(F)c(F)c4[nH]ccc34)S(=O)c3ccc(F)c(c3)-c3nc2nn3C)c1. The van der Waals surface area contributed by atoms with Crippen LogP contribution in [0.1, 0.15) is 69.5 Å². The standard InChI is InChI=1S/C39H43F3N4O5S2/c1-23(36(47)51-6)19-24-9-7-10-25(20-24)39(4)16-8-15-38(2,3)22-53(49,50)18-14-28-27-13-17-43-33(27)31(41)32(42)34(28)52(48)26-11-12-30(40)29(21-26)35-44-37(39)45-46(35)5/h7,9-13,17,20-21,23,43H,8,14-16,18-19,22H2,1-6H3/t23-,39?,52?/m0/s1. The molecule has 14 heteroatoms. The van der Waals surface area contributed by atoms with Crippen molar-refractivity contribution in [2.45, 2.75) is 75.0 Å². The van der Waals surface area contributed by atoms with Crippen LogP contribution in [0.5, 0.6) is 0 Å². The predicted octanol–water partition coefficient (Wildman–Crippen LogP) is 7.37. The Kier molecular flexibility index (Phi) is 10.5. The van der Waals surface area contributed by atoms with Crippen molar-refractivity contribution < 1.29 is 35.3 Å². The maximum absolute atomic E-state index is 15.9. The minimum absolute atomic E-state index is 0.0271. The third-order valence-corrected chi connectivity index (χ3v) is 13.8. The van der Waals surface area contributed by atoms with E-state index in [0.29, 0.717) is 31.5 Å². The van der Waals surface area contributed by atoms with E-state index in [9.17, 15) is 17.4 Å². The number of aromatic amines is 1. The molecular weight excluding hydrogens is 726 g/mol. The molecule has 0 radical (unpaired) electrons. The molecule has 3 heterocycles. The van der Waals surface area contributed by atoms with Gasteiger partial charge in [0.2, 0.25) is 0 Å². The summed E-state index contributed by atoms with van der Waals surface area (Å²) >= 11 is 0. The van der Waals surface area contributed by atoms with E-state index in [-0.39, 0.29) is 62.6 Å². The van der Waals surface area contributed by atoms with Gasteiger partial charge >= 0.3 is 5.97 Å². The lowest BCUT2D eigenvalue weighted by Gasteiger charge is -2.31. The zero-order valence-corrected chi connectivity index (χ0v) is 32.2. The first-order valence-electron chi connectivity index (χ1n) is 17.4. The molecule has 2 unspecified atom stereocenters. The fraction of sp³-hybridized carbons (Fsp3) is 0.410. The molecule has 1 aliphatic heterocycles. The summed E-state index contributed by atoms with van der Waals surface area (Å²) in [6.45, 7) is 7.53. The van der Waals surface area contributed by atoms with Crippen molar-refractivity contribution in [3.05, 3.63) is 94.7 Å². The summed E-state index contributed by atoms with van der Waals surface area (Å²) in [6.07, 6.45) is 3.23. The molecule has 0 fully saturated rings. The first-order valence-corrected chi connectivity index (χ1v) is 20.4. The molecule has 282 valence electrons. The zero-order valence-electron chi connectivity index (χ0n) is 30.6. The van der Waals surface area contributed by atoms with Crippen LogP contribution in [-0.2, 0) is 55.5 Å². The summed E-state index contributed by atoms with van der Waals surface area (Å²) < 4.78 is 95.0. The number of sulfone groups is 1. The summed E-state index contributed by atoms with van der Waals surface area (Å²) in [7, 11) is -3.17. The van der Waals surface area contributed by atoms with Crippen LogP contribution in [0.25, 0.3) is 22.3 Å². The van der Waals surface area contributed by atoms with E-state index in [1.54, 1.807) is 14.0 Å². The average Bonchev–Trinajstić information content (AvgIpc) is 3.75. The number of hydrogen-bond donors (Lipinski definition) is 1. The first kappa shape index (κ1) is 38.4. The van der Waals surface area contributed by atoms with Gasteiger partial charge in [-0.05, 0) is 79.0 Å². The molecule has 5 aromatic rings. The van der Waals surface area contributed by atoms with Crippen molar-refractivity contribution in [1.82, 2.24) is 19.7 Å². The average molecular weight is 769 g/mol. The van der Waals surface area contributed by atoms with Crippen molar-refractivity contribution in [1.29, 1.82) is 0 Å². The number of aryl methyl sites for hydroxylation is 2. The number of hydrogen-bond acceptors (Lipinski definition) is 7. The van der Waals surface area contributed by atoms with Gasteiger partial charge in [0.1, 0.15) is 5.82 Å². The topological polar surface area (TPSA) is 124 Å². The molecule has 9 nitrogen and oxygen atoms in total. The number of rotatable bonds is 4. The number of methoxy groups -OCH3 is 1. The van der Waals surface area contributed by atoms with Crippen molar-refractivity contribution in [2.24, 2.45) is 18.4 Å². The van der Waals surface area contributed by atoms with Gasteiger partial charge in [0.05, 0.1) is 56.7 Å². The third-order valence-electron chi connectivity index (χ3n) is 10.3. The van der Waals surface area contributed by atoms with Crippen LogP contribution in [0.15, 0.2) is 64.5 Å². The van der Waals surface area contributed by atoms with Gasteiger partial charge in [-0.25, -0.2) is 35.5 Å². The molecular formula is C39H43F3N4O5S2. The summed E-state index contributed by atoms with van der Waals surface area (Å²) in [5, 5.41) is 5.00. The fourth-order valence-electron chi connectivity index (χ4n) is 7.45. The number of fused-ring (bicyclic) bond motifs is 8. The zero-order chi connectivity index (χ0) is 38.5. The number of H-pyrrole nitrogens is 1. The normalized spacial score (nSPS) is 21.0. The largest absolute Gasteiger partial charge is 0.469 e. The molecule has 53 heavy (non-hydrogen) atoms. The number of aromatic nitrogens is 4. The van der Waals surface area contributed by atoms with Crippen LogP contribution >= 0.6 is 0 Å². The predicted molar refractivity (Wildman–Crippen MR) is 197 cm³/mol. The number of halogens is 3. The highest BCUT2D eigenvalue weighted by atomic mass is 32.2. The van der Waals surface area contributed by atoms with E-state index < -0.39 is 53.8 Å². The molecule has 0 aliphatic carbocycles. The second kappa shape index (κ2) is 14.5. The van der Waals surface area contributed by atoms with E-state index >= 15 is 13.2 Å². The maximum atomic E-state index is 15.9. The van der Waals surface area contributed by atoms with E-state index in [0.717, 1.165) is 17.2 Å². The maximum Gasteiger partial charge on any atom is 0.308 e. The quantitative estimate of drug-likeness (QED) is 0.190. The molecule has 0 saturated heterocycles. The smallest absolute Gasteiger partial charge is 0.308 e. The van der Waals surface area contributed by atoms with Crippen LogP contribution in [-0.4, -0.2) is 57.0 Å². The summed E-state index contributed by atoms with van der Waals surface area (Å²) in [4.78, 5) is 19.2. The Morgan fingerprint density at radius 3 is 2.57 bits per heavy atom. The summed E-state index contributed by atoms with van der Waals surface area (Å²) in [6, 6.07) is 12.9. The lowest BCUT2D eigenvalue weighted by Crippen LogP contribution is -2.29. The highest BCUT2D eigenvalue weighted by molar-refractivity contribution is 7.91. The third kappa shape index (κ3) is 7.57. The Morgan fingerprint density at radius 2 is 1.83 bits per heavy atom. The molecule has 2 aromatic heterocycles. The molecule has 4 bridgehead atoms. The van der Waals surface area contributed by atoms with Gasteiger partial charge < -0.3 is 9.72 Å². The van der Waals surface area contributed by atoms with Crippen molar-refractivity contribution in [2.75, 3.05) is 18.6 Å². The number of nitrogens with one attached hydrogen (secondary N) is 1. The van der Waals surface area contributed by atoms with E-state index in [1.165, 1.54) is 36.2 Å². The number of nitrogens with zero attached hydrogens (tertiary/aromatic N) is 3. The van der Waals surface area contributed by atoms with Gasteiger partial charge in [-0.3, -0.25) is 4.79 Å². The minimum Gasteiger partial charge on any atom is -0.469 e. The second-order valence-corrected chi connectivity index (χ2v) is 18.6. The summed E-state index contributed by atoms with van der Waals surface area (Å²) in [5.74, 6) is -4.05.